The SMILES string of the molecule is COc1ccc(-c2ccc3ncc(Br)n3n2)cc1C. The van der Waals surface area contributed by atoms with Gasteiger partial charge in [0, 0.05) is 5.56 Å². The predicted molar refractivity (Wildman–Crippen MR) is 77.4 cm³/mol. The van der Waals surface area contributed by atoms with Crippen molar-refractivity contribution in [2.24, 2.45) is 0 Å². The van der Waals surface area contributed by atoms with Gasteiger partial charge in [-0.25, -0.2) is 9.50 Å². The molecule has 0 amide bonds. The standard InChI is InChI=1S/C14H12BrN3O/c1-9-7-10(3-5-12(9)19-2)11-4-6-14-16-8-13(15)18(14)17-11/h3-8H,1-2H3. The van der Waals surface area contributed by atoms with Crippen LogP contribution in [0.15, 0.2) is 41.1 Å². The average Bonchev–Trinajstić information content (AvgIpc) is 2.80. The van der Waals surface area contributed by atoms with Gasteiger partial charge >= 0.3 is 0 Å². The van der Waals surface area contributed by atoms with Gasteiger partial charge in [-0.3, -0.25) is 0 Å². The summed E-state index contributed by atoms with van der Waals surface area (Å²) in [6.45, 7) is 2.02. The van der Waals surface area contributed by atoms with E-state index in [-0.39, 0.29) is 0 Å². The molecule has 0 aliphatic rings. The zero-order valence-electron chi connectivity index (χ0n) is 10.6. The minimum absolute atomic E-state index is 0.820. The Bertz CT molecular complexity index is 752. The van der Waals surface area contributed by atoms with Gasteiger partial charge in [0.1, 0.15) is 10.4 Å². The summed E-state index contributed by atoms with van der Waals surface area (Å²) < 4.78 is 7.88. The first-order chi connectivity index (χ1) is 9.19. The molecular formula is C14H12BrN3O. The number of hydrogen-bond acceptors (Lipinski definition) is 3. The first kappa shape index (κ1) is 12.2. The molecule has 0 bridgehead atoms. The number of aryl methyl sites for hydroxylation is 1. The molecule has 5 heteroatoms. The van der Waals surface area contributed by atoms with Crippen molar-refractivity contribution in [2.75, 3.05) is 7.11 Å². The predicted octanol–water partition coefficient (Wildman–Crippen LogP) is 3.48. The highest BCUT2D eigenvalue weighted by molar-refractivity contribution is 9.10. The smallest absolute Gasteiger partial charge is 0.154 e. The monoisotopic (exact) mass is 317 g/mol. The van der Waals surface area contributed by atoms with Crippen LogP contribution in [-0.4, -0.2) is 21.7 Å². The van der Waals surface area contributed by atoms with Gasteiger partial charge in [-0.1, -0.05) is 0 Å². The Balaban J connectivity index is 2.13. The van der Waals surface area contributed by atoms with Crippen molar-refractivity contribution in [3.8, 4) is 17.0 Å². The van der Waals surface area contributed by atoms with Gasteiger partial charge in [0.2, 0.25) is 0 Å². The van der Waals surface area contributed by atoms with E-state index in [1.54, 1.807) is 17.8 Å². The van der Waals surface area contributed by atoms with Gasteiger partial charge in [0.05, 0.1) is 19.0 Å². The maximum atomic E-state index is 5.27. The van der Waals surface area contributed by atoms with E-state index in [4.69, 9.17) is 4.74 Å². The van der Waals surface area contributed by atoms with Crippen LogP contribution in [0.25, 0.3) is 16.9 Å². The summed E-state index contributed by atoms with van der Waals surface area (Å²) >= 11 is 3.43. The molecule has 1 aromatic carbocycles. The van der Waals surface area contributed by atoms with Gasteiger partial charge in [-0.15, -0.1) is 0 Å². The van der Waals surface area contributed by atoms with Crippen LogP contribution in [0.5, 0.6) is 5.75 Å². The fourth-order valence-corrected chi connectivity index (χ4v) is 2.40. The number of ether oxygens (including phenoxy) is 1. The van der Waals surface area contributed by atoms with Crippen LogP contribution in [-0.2, 0) is 0 Å². The minimum Gasteiger partial charge on any atom is -0.496 e. The molecule has 0 aliphatic heterocycles. The Hall–Kier alpha value is -1.88. The zero-order valence-corrected chi connectivity index (χ0v) is 12.2. The van der Waals surface area contributed by atoms with Crippen LogP contribution < -0.4 is 4.74 Å². The molecule has 19 heavy (non-hydrogen) atoms. The van der Waals surface area contributed by atoms with Crippen LogP contribution in [0.1, 0.15) is 5.56 Å². The second-order valence-corrected chi connectivity index (χ2v) is 5.07. The lowest BCUT2D eigenvalue weighted by Gasteiger charge is -2.07. The summed E-state index contributed by atoms with van der Waals surface area (Å²) in [5.74, 6) is 0.883. The third kappa shape index (κ3) is 2.10. The van der Waals surface area contributed by atoms with E-state index in [2.05, 4.69) is 32.1 Å². The molecule has 0 atom stereocenters. The minimum atomic E-state index is 0.820. The van der Waals surface area contributed by atoms with Crippen molar-refractivity contribution < 1.29 is 4.74 Å². The molecular weight excluding hydrogens is 306 g/mol. The van der Waals surface area contributed by atoms with Crippen molar-refractivity contribution in [1.29, 1.82) is 0 Å². The molecule has 2 heterocycles. The highest BCUT2D eigenvalue weighted by Gasteiger charge is 2.07. The normalized spacial score (nSPS) is 10.9. The van der Waals surface area contributed by atoms with E-state index in [0.29, 0.717) is 0 Å². The molecule has 0 fully saturated rings. The molecule has 0 spiro atoms. The molecule has 4 nitrogen and oxygen atoms in total. The van der Waals surface area contributed by atoms with Gasteiger partial charge in [-0.2, -0.15) is 5.10 Å². The fourth-order valence-electron chi connectivity index (χ4n) is 2.04. The molecule has 0 aliphatic carbocycles. The maximum Gasteiger partial charge on any atom is 0.154 e. The van der Waals surface area contributed by atoms with Gasteiger partial charge < -0.3 is 4.74 Å². The van der Waals surface area contributed by atoms with Crippen LogP contribution in [0.2, 0.25) is 0 Å². The number of methoxy groups -OCH3 is 1. The topological polar surface area (TPSA) is 39.4 Å². The van der Waals surface area contributed by atoms with Gasteiger partial charge in [0.15, 0.2) is 5.65 Å². The molecule has 96 valence electrons. The quantitative estimate of drug-likeness (QED) is 0.726. The third-order valence-corrected chi connectivity index (χ3v) is 3.55. The van der Waals surface area contributed by atoms with Crippen molar-refractivity contribution in [3.05, 3.63) is 46.7 Å². The lowest BCUT2D eigenvalue weighted by molar-refractivity contribution is 0.412. The summed E-state index contributed by atoms with van der Waals surface area (Å²) in [7, 11) is 1.68. The summed E-state index contributed by atoms with van der Waals surface area (Å²) in [6.07, 6.45) is 1.74. The van der Waals surface area contributed by atoms with E-state index < -0.39 is 0 Å². The summed E-state index contributed by atoms with van der Waals surface area (Å²) in [5, 5.41) is 4.57. The number of nitrogens with zero attached hydrogens (tertiary/aromatic N) is 3. The largest absolute Gasteiger partial charge is 0.496 e. The van der Waals surface area contributed by atoms with Crippen molar-refractivity contribution in [2.45, 2.75) is 6.92 Å². The zero-order chi connectivity index (χ0) is 13.4. The van der Waals surface area contributed by atoms with E-state index in [9.17, 15) is 0 Å². The number of aromatic nitrogens is 3. The second-order valence-electron chi connectivity index (χ2n) is 4.25. The number of benzene rings is 1. The number of imidazole rings is 1. The fraction of sp³-hybridized carbons (Fsp3) is 0.143. The molecule has 3 aromatic rings. The summed E-state index contributed by atoms with van der Waals surface area (Å²) in [6, 6.07) is 9.95. The molecule has 0 unspecified atom stereocenters. The molecule has 2 aromatic heterocycles. The van der Waals surface area contributed by atoms with Crippen LogP contribution in [0, 0.1) is 6.92 Å². The third-order valence-electron chi connectivity index (χ3n) is 3.01. The van der Waals surface area contributed by atoms with Crippen LogP contribution in [0.4, 0.5) is 0 Å². The Morgan fingerprint density at radius 3 is 2.79 bits per heavy atom. The molecule has 0 radical (unpaired) electrons. The van der Waals surface area contributed by atoms with Crippen LogP contribution >= 0.6 is 15.9 Å². The average molecular weight is 318 g/mol. The van der Waals surface area contributed by atoms with E-state index in [1.807, 2.05) is 31.2 Å². The lowest BCUT2D eigenvalue weighted by atomic mass is 10.1. The van der Waals surface area contributed by atoms with Crippen molar-refractivity contribution >= 4 is 21.6 Å². The Labute approximate surface area is 119 Å². The molecule has 0 N–H and O–H groups in total. The maximum absolute atomic E-state index is 5.27. The number of hydrogen-bond donors (Lipinski definition) is 0. The Kier molecular flexibility index (Phi) is 2.98. The molecule has 3 rings (SSSR count). The summed E-state index contributed by atoms with van der Waals surface area (Å²) in [4.78, 5) is 4.23. The van der Waals surface area contributed by atoms with Crippen molar-refractivity contribution in [3.63, 3.8) is 0 Å². The molecule has 0 saturated carbocycles. The lowest BCUT2D eigenvalue weighted by Crippen LogP contribution is -1.95. The van der Waals surface area contributed by atoms with Gasteiger partial charge in [-0.05, 0) is 58.7 Å². The Morgan fingerprint density at radius 2 is 2.05 bits per heavy atom. The Morgan fingerprint density at radius 1 is 1.21 bits per heavy atom. The van der Waals surface area contributed by atoms with Crippen LogP contribution in [0.3, 0.4) is 0 Å². The van der Waals surface area contributed by atoms with E-state index >= 15 is 0 Å². The summed E-state index contributed by atoms with van der Waals surface area (Å²) in [5.41, 5.74) is 3.87. The first-order valence-electron chi connectivity index (χ1n) is 5.84. The van der Waals surface area contributed by atoms with Gasteiger partial charge in [0.25, 0.3) is 0 Å². The first-order valence-corrected chi connectivity index (χ1v) is 6.63. The van der Waals surface area contributed by atoms with E-state index in [0.717, 1.165) is 32.8 Å². The highest BCUT2D eigenvalue weighted by atomic mass is 79.9. The second kappa shape index (κ2) is 4.66. The molecule has 0 saturated heterocycles. The van der Waals surface area contributed by atoms with E-state index in [1.165, 1.54) is 0 Å². The number of rotatable bonds is 2. The number of halogens is 1. The highest BCUT2D eigenvalue weighted by Crippen LogP contribution is 2.25. The number of fused-ring (bicyclic) bond motifs is 1. The van der Waals surface area contributed by atoms with Crippen molar-refractivity contribution in [1.82, 2.24) is 14.6 Å².